The van der Waals surface area contributed by atoms with Crippen LogP contribution in [0, 0.1) is 0 Å². The summed E-state index contributed by atoms with van der Waals surface area (Å²) in [4.78, 5) is 34.2. The summed E-state index contributed by atoms with van der Waals surface area (Å²) >= 11 is 0. The Bertz CT molecular complexity index is 943. The molecular weight excluding hydrogens is 466 g/mol. The van der Waals surface area contributed by atoms with Gasteiger partial charge < -0.3 is 25.6 Å². The van der Waals surface area contributed by atoms with Gasteiger partial charge in [-0.25, -0.2) is 14.3 Å². The molecule has 0 amide bonds. The second-order valence-corrected chi connectivity index (χ2v) is 9.18. The van der Waals surface area contributed by atoms with Gasteiger partial charge >= 0.3 is 20.0 Å². The molecule has 0 saturated heterocycles. The van der Waals surface area contributed by atoms with Gasteiger partial charge in [-0.15, -0.1) is 0 Å². The fourth-order valence-corrected chi connectivity index (χ4v) is 3.32. The molecule has 13 heteroatoms. The molecule has 6 N–H and O–H groups in total. The number of unbranched alkanes of at least 4 members (excludes halogenated alkanes) is 5. The van der Waals surface area contributed by atoms with E-state index in [1.54, 1.807) is 6.92 Å². The smallest absolute Gasteiger partial charge is 0.475 e. The molecule has 0 bridgehead atoms. The zero-order valence-corrected chi connectivity index (χ0v) is 19.5. The molecule has 1 aromatic carbocycles. The van der Waals surface area contributed by atoms with Crippen molar-refractivity contribution in [1.82, 2.24) is 9.97 Å². The first-order valence-corrected chi connectivity index (χ1v) is 12.0. The zero-order chi connectivity index (χ0) is 25.3. The van der Waals surface area contributed by atoms with E-state index in [1.807, 2.05) is 6.07 Å². The van der Waals surface area contributed by atoms with Gasteiger partial charge in [0.15, 0.2) is 0 Å². The lowest BCUT2D eigenvalue weighted by Crippen LogP contribution is -2.39. The Hall–Kier alpha value is -1.98. The van der Waals surface area contributed by atoms with Crippen LogP contribution in [0.2, 0.25) is 0 Å². The van der Waals surface area contributed by atoms with Gasteiger partial charge in [-0.05, 0) is 37.5 Å². The minimum absolute atomic E-state index is 0.332. The first-order chi connectivity index (χ1) is 15.2. The molecule has 0 spiro atoms. The number of H-pyrrole nitrogens is 1. The van der Waals surface area contributed by atoms with E-state index < -0.39 is 25.5 Å². The molecule has 0 aliphatic rings. The van der Waals surface area contributed by atoms with Crippen molar-refractivity contribution in [2.24, 2.45) is 5.73 Å². The number of phosphoric acid groups is 1. The molecule has 9 nitrogen and oxygen atoms in total. The van der Waals surface area contributed by atoms with Gasteiger partial charge in [-0.2, -0.15) is 13.2 Å². The lowest BCUT2D eigenvalue weighted by atomic mass is 10.0. The van der Waals surface area contributed by atoms with Crippen molar-refractivity contribution < 1.29 is 41.9 Å². The fraction of sp³-hybridized carbons (Fsp3) is 0.600. The molecule has 1 heterocycles. The number of hydrogen-bond donors (Lipinski definition) is 5. The van der Waals surface area contributed by atoms with Crippen LogP contribution >= 0.6 is 7.82 Å². The van der Waals surface area contributed by atoms with Crippen LogP contribution in [0.25, 0.3) is 11.0 Å². The van der Waals surface area contributed by atoms with Crippen molar-refractivity contribution in [1.29, 1.82) is 0 Å². The number of alkyl halides is 3. The third-order valence-corrected chi connectivity index (χ3v) is 5.15. The number of carboxylic acid groups (broad SMARTS) is 1. The first-order valence-electron chi connectivity index (χ1n) is 10.4. The highest BCUT2D eigenvalue weighted by Gasteiger charge is 2.38. The number of phosphoric ester groups is 1. The number of halogens is 3. The number of fused-ring (bicyclic) bond motifs is 1. The minimum Gasteiger partial charge on any atom is -0.475 e. The molecule has 33 heavy (non-hydrogen) atoms. The van der Waals surface area contributed by atoms with Gasteiger partial charge in [-0.3, -0.25) is 4.52 Å². The molecule has 1 unspecified atom stereocenters. The highest BCUT2D eigenvalue weighted by molar-refractivity contribution is 7.46. The number of nitrogens with one attached hydrogen (secondary N) is 1. The Morgan fingerprint density at radius 2 is 1.76 bits per heavy atom. The second-order valence-electron chi connectivity index (χ2n) is 7.94. The second kappa shape index (κ2) is 12.5. The number of benzene rings is 1. The fourth-order valence-electron chi connectivity index (χ4n) is 2.88. The number of aryl methyl sites for hydroxylation is 1. The van der Waals surface area contributed by atoms with Gasteiger partial charge in [0, 0.05) is 0 Å². The summed E-state index contributed by atoms with van der Waals surface area (Å²) in [5.41, 5.74) is 7.89. The molecule has 188 valence electrons. The van der Waals surface area contributed by atoms with E-state index >= 15 is 0 Å². The van der Waals surface area contributed by atoms with E-state index in [0.717, 1.165) is 17.5 Å². The Kier molecular flexibility index (Phi) is 11.0. The van der Waals surface area contributed by atoms with Gasteiger partial charge in [-0.1, -0.05) is 45.1 Å². The Labute approximate surface area is 189 Å². The minimum atomic E-state index is -5.08. The highest BCUT2D eigenvalue weighted by Crippen LogP contribution is 2.37. The molecule has 2 rings (SSSR count). The van der Waals surface area contributed by atoms with Crippen LogP contribution in [-0.4, -0.2) is 43.6 Å². The van der Waals surface area contributed by atoms with Crippen LogP contribution in [0.1, 0.15) is 63.8 Å². The first kappa shape index (κ1) is 29.1. The number of hydrogen-bond acceptors (Lipinski definition) is 5. The van der Waals surface area contributed by atoms with Crippen LogP contribution in [0.3, 0.4) is 0 Å². The van der Waals surface area contributed by atoms with Crippen molar-refractivity contribution >= 4 is 24.8 Å². The maximum atomic E-state index is 10.9. The van der Waals surface area contributed by atoms with Gasteiger partial charge in [0.25, 0.3) is 0 Å². The number of nitrogens with zero attached hydrogens (tertiary/aromatic N) is 1. The van der Waals surface area contributed by atoms with E-state index in [4.69, 9.17) is 25.4 Å². The van der Waals surface area contributed by atoms with Crippen LogP contribution in [-0.2, 0) is 25.8 Å². The Morgan fingerprint density at radius 1 is 1.18 bits per heavy atom. The van der Waals surface area contributed by atoms with Crippen molar-refractivity contribution in [3.05, 3.63) is 29.6 Å². The number of carboxylic acids is 1. The average molecular weight is 497 g/mol. The highest BCUT2D eigenvalue weighted by atomic mass is 31.2. The van der Waals surface area contributed by atoms with Gasteiger partial charge in [0.2, 0.25) is 0 Å². The summed E-state index contributed by atoms with van der Waals surface area (Å²) < 4.78 is 47.2. The molecule has 0 aliphatic carbocycles. The summed E-state index contributed by atoms with van der Waals surface area (Å²) in [6.07, 6.45) is 3.52. The van der Waals surface area contributed by atoms with Crippen molar-refractivity contribution in [2.45, 2.75) is 70.5 Å². The number of imidazole rings is 1. The molecule has 0 fully saturated rings. The largest absolute Gasteiger partial charge is 0.490 e. The van der Waals surface area contributed by atoms with E-state index in [0.29, 0.717) is 5.82 Å². The molecule has 0 saturated carbocycles. The third kappa shape index (κ3) is 11.1. The van der Waals surface area contributed by atoms with E-state index in [9.17, 15) is 17.7 Å². The van der Waals surface area contributed by atoms with Crippen molar-refractivity contribution in [2.75, 3.05) is 6.61 Å². The summed E-state index contributed by atoms with van der Waals surface area (Å²) in [5, 5.41) is 7.12. The standard InChI is InChI=1S/C18H30N3O4P.C2HF3O2/c1-3-4-5-6-7-8-9-14-10-11-15-16(12-14)21-17(20-15)18(2,19)13-25-26(22,23)24;3-2(4,5)1(6)7/h10-12H,3-9,13,19H2,1-2H3,(H,20,21)(H2,22,23,24);(H,6,7). The number of aromatic amines is 1. The number of nitrogens with two attached hydrogens (primary N) is 1. The number of carbonyl (C=O) groups is 1. The number of aromatic nitrogens is 2. The molecule has 2 aromatic rings. The quantitative estimate of drug-likeness (QED) is 0.226. The Balaban J connectivity index is 0.000000675. The lowest BCUT2D eigenvalue weighted by Gasteiger charge is -2.21. The molecule has 1 aromatic heterocycles. The Morgan fingerprint density at radius 3 is 2.30 bits per heavy atom. The molecular formula is C20H31F3N3O6P. The van der Waals surface area contributed by atoms with E-state index in [2.05, 4.69) is 33.5 Å². The van der Waals surface area contributed by atoms with E-state index in [1.165, 1.54) is 44.1 Å². The van der Waals surface area contributed by atoms with E-state index in [-0.39, 0.29) is 6.61 Å². The van der Waals surface area contributed by atoms with Crippen LogP contribution in [0.5, 0.6) is 0 Å². The summed E-state index contributed by atoms with van der Waals surface area (Å²) in [6, 6.07) is 6.08. The van der Waals surface area contributed by atoms with Gasteiger partial charge in [0.05, 0.1) is 23.2 Å². The number of aliphatic carboxylic acids is 1. The molecule has 1 atom stereocenters. The van der Waals surface area contributed by atoms with Crippen LogP contribution in [0.15, 0.2) is 18.2 Å². The summed E-state index contributed by atoms with van der Waals surface area (Å²) in [7, 11) is -4.57. The maximum Gasteiger partial charge on any atom is 0.490 e. The molecule has 0 radical (unpaired) electrons. The average Bonchev–Trinajstić information content (AvgIpc) is 3.13. The summed E-state index contributed by atoms with van der Waals surface area (Å²) in [5.74, 6) is -2.31. The SMILES string of the molecule is CCCCCCCCc1ccc2nc(C(C)(N)COP(=O)(O)O)[nH]c2c1.O=C(O)C(F)(F)F. The topological polar surface area (TPSA) is 159 Å². The lowest BCUT2D eigenvalue weighted by molar-refractivity contribution is -0.192. The summed E-state index contributed by atoms with van der Waals surface area (Å²) in [6.45, 7) is 3.51. The number of rotatable bonds is 11. The monoisotopic (exact) mass is 497 g/mol. The maximum absolute atomic E-state index is 10.9. The van der Waals surface area contributed by atoms with Crippen LogP contribution in [0.4, 0.5) is 13.2 Å². The van der Waals surface area contributed by atoms with Crippen molar-refractivity contribution in [3.8, 4) is 0 Å². The normalized spacial score (nSPS) is 13.9. The zero-order valence-electron chi connectivity index (χ0n) is 18.6. The van der Waals surface area contributed by atoms with Crippen molar-refractivity contribution in [3.63, 3.8) is 0 Å². The predicted octanol–water partition coefficient (Wildman–Crippen LogP) is 4.38. The molecule has 0 aliphatic heterocycles. The van der Waals surface area contributed by atoms with Crippen LogP contribution < -0.4 is 5.73 Å². The predicted molar refractivity (Wildman–Crippen MR) is 116 cm³/mol. The van der Waals surface area contributed by atoms with Gasteiger partial charge in [0.1, 0.15) is 5.82 Å². The third-order valence-electron chi connectivity index (χ3n) is 4.68.